The molecular formula is C28H33F11N2O5. The van der Waals surface area contributed by atoms with Crippen molar-refractivity contribution in [3.63, 3.8) is 0 Å². The van der Waals surface area contributed by atoms with Gasteiger partial charge in [-0.05, 0) is 30.7 Å². The third kappa shape index (κ3) is 13.0. The van der Waals surface area contributed by atoms with Gasteiger partial charge in [0.25, 0.3) is 0 Å². The minimum Gasteiger partial charge on any atom is -0.491 e. The summed E-state index contributed by atoms with van der Waals surface area (Å²) in [5.74, 6) is 1.08. The average Bonchev–Trinajstić information content (AvgIpc) is 2.95. The number of unbranched alkanes of at least 4 members (excludes halogenated alkanes) is 7. The SMILES string of the molecule is CCCCCCCCCCOc1cnc(-c2ccc(OCCOCC(F)(F)OC(F)(F)C(F)(F)OC(F)(F)C(F)(F)F)cc2)nc1. The summed E-state index contributed by atoms with van der Waals surface area (Å²) in [4.78, 5) is 8.48. The van der Waals surface area contributed by atoms with Crippen LogP contribution in [0.1, 0.15) is 58.3 Å². The van der Waals surface area contributed by atoms with Crippen molar-refractivity contribution in [3.05, 3.63) is 36.7 Å². The molecule has 0 spiro atoms. The highest BCUT2D eigenvalue weighted by molar-refractivity contribution is 5.56. The molecule has 0 fully saturated rings. The molecule has 0 aliphatic carbocycles. The van der Waals surface area contributed by atoms with E-state index in [0.717, 1.165) is 19.3 Å². The first-order chi connectivity index (χ1) is 21.4. The van der Waals surface area contributed by atoms with Gasteiger partial charge < -0.3 is 14.2 Å². The predicted octanol–water partition coefficient (Wildman–Crippen LogP) is 9.03. The third-order valence-corrected chi connectivity index (χ3v) is 5.98. The number of ether oxygens (including phenoxy) is 5. The first-order valence-electron chi connectivity index (χ1n) is 14.1. The Labute approximate surface area is 257 Å². The molecule has 2 aromatic rings. The smallest absolute Gasteiger partial charge is 0.483 e. The van der Waals surface area contributed by atoms with E-state index in [1.807, 2.05) is 0 Å². The summed E-state index contributed by atoms with van der Waals surface area (Å²) >= 11 is 0. The van der Waals surface area contributed by atoms with Crippen LogP contribution in [0.4, 0.5) is 48.3 Å². The summed E-state index contributed by atoms with van der Waals surface area (Å²) in [6, 6.07) is 6.06. The van der Waals surface area contributed by atoms with Gasteiger partial charge in [0.15, 0.2) is 11.6 Å². The average molecular weight is 687 g/mol. The van der Waals surface area contributed by atoms with Crippen molar-refractivity contribution < 1.29 is 72.0 Å². The lowest BCUT2D eigenvalue weighted by Crippen LogP contribution is -2.55. The van der Waals surface area contributed by atoms with Crippen molar-refractivity contribution in [2.24, 2.45) is 0 Å². The maximum Gasteiger partial charge on any atom is 0.483 e. The molecule has 1 aromatic heterocycles. The van der Waals surface area contributed by atoms with Gasteiger partial charge in [0.05, 0.1) is 25.6 Å². The second-order valence-electron chi connectivity index (χ2n) is 9.88. The Hall–Kier alpha value is -2.99. The number of rotatable bonds is 22. The number of benzene rings is 1. The molecular weight excluding hydrogens is 653 g/mol. The van der Waals surface area contributed by atoms with E-state index in [2.05, 4.69) is 26.4 Å². The van der Waals surface area contributed by atoms with Gasteiger partial charge in [0.2, 0.25) is 0 Å². The van der Waals surface area contributed by atoms with Crippen LogP contribution in [0, 0.1) is 0 Å². The first kappa shape index (κ1) is 39.2. The molecule has 2 rings (SSSR count). The maximum absolute atomic E-state index is 13.6. The van der Waals surface area contributed by atoms with Gasteiger partial charge in [-0.15, -0.1) is 0 Å². The summed E-state index contributed by atoms with van der Waals surface area (Å²) in [5, 5.41) is 0. The van der Waals surface area contributed by atoms with E-state index in [9.17, 15) is 48.3 Å². The fraction of sp³-hybridized carbons (Fsp3) is 0.643. The molecule has 262 valence electrons. The second kappa shape index (κ2) is 17.2. The van der Waals surface area contributed by atoms with Crippen LogP contribution in [0.3, 0.4) is 0 Å². The van der Waals surface area contributed by atoms with Crippen molar-refractivity contribution in [3.8, 4) is 22.9 Å². The Bertz CT molecular complexity index is 1150. The van der Waals surface area contributed by atoms with Crippen LogP contribution < -0.4 is 9.47 Å². The Morgan fingerprint density at radius 3 is 1.65 bits per heavy atom. The van der Waals surface area contributed by atoms with Crippen LogP contribution in [-0.4, -0.2) is 67.0 Å². The van der Waals surface area contributed by atoms with Crippen molar-refractivity contribution >= 4 is 0 Å². The van der Waals surface area contributed by atoms with Crippen LogP contribution >= 0.6 is 0 Å². The van der Waals surface area contributed by atoms with Gasteiger partial charge in [-0.3, -0.25) is 0 Å². The zero-order chi connectivity index (χ0) is 34.5. The van der Waals surface area contributed by atoms with E-state index in [1.165, 1.54) is 56.6 Å². The normalized spacial score (nSPS) is 13.2. The molecule has 46 heavy (non-hydrogen) atoms. The molecule has 0 aliphatic heterocycles. The highest BCUT2D eigenvalue weighted by atomic mass is 19.4. The molecule has 1 heterocycles. The lowest BCUT2D eigenvalue weighted by atomic mass is 10.1. The number of halogens is 11. The van der Waals surface area contributed by atoms with Gasteiger partial charge in [-0.2, -0.15) is 48.3 Å². The summed E-state index contributed by atoms with van der Waals surface area (Å²) in [7, 11) is 0. The largest absolute Gasteiger partial charge is 0.491 e. The number of nitrogens with zero attached hydrogens (tertiary/aromatic N) is 2. The van der Waals surface area contributed by atoms with E-state index >= 15 is 0 Å². The Balaban J connectivity index is 1.72. The standard InChI is InChI=1S/C28H33F11N2O5/c1-2-3-4-5-6-7-8-9-14-43-22-17-40-23(41-18-22)20-10-12-21(13-11-20)44-16-15-42-19-24(29,30)45-27(36,37)28(38,39)46-26(34,35)25(31,32)33/h10-13,17-18H,2-9,14-16,19H2,1H3. The number of hydrogen-bond acceptors (Lipinski definition) is 7. The minimum atomic E-state index is -6.85. The fourth-order valence-corrected chi connectivity index (χ4v) is 3.63. The molecule has 0 radical (unpaired) electrons. The Morgan fingerprint density at radius 2 is 1.09 bits per heavy atom. The highest BCUT2D eigenvalue weighted by Crippen LogP contribution is 2.47. The summed E-state index contributed by atoms with van der Waals surface area (Å²) < 4.78 is 161. The van der Waals surface area contributed by atoms with Gasteiger partial charge >= 0.3 is 30.6 Å². The molecule has 0 aliphatic rings. The number of alkyl halides is 11. The quantitative estimate of drug-likeness (QED) is 0.0905. The molecule has 18 heteroatoms. The van der Waals surface area contributed by atoms with E-state index in [4.69, 9.17) is 9.47 Å². The molecule has 1 aromatic carbocycles. The van der Waals surface area contributed by atoms with E-state index in [1.54, 1.807) is 16.9 Å². The van der Waals surface area contributed by atoms with Gasteiger partial charge in [-0.1, -0.05) is 51.9 Å². The van der Waals surface area contributed by atoms with E-state index < -0.39 is 50.4 Å². The summed E-state index contributed by atoms with van der Waals surface area (Å²) in [6.45, 7) is -0.578. The van der Waals surface area contributed by atoms with Crippen molar-refractivity contribution in [2.45, 2.75) is 88.9 Å². The van der Waals surface area contributed by atoms with E-state index in [-0.39, 0.29) is 5.75 Å². The lowest BCUT2D eigenvalue weighted by molar-refractivity contribution is -0.537. The van der Waals surface area contributed by atoms with Gasteiger partial charge in [0, 0.05) is 5.56 Å². The zero-order valence-corrected chi connectivity index (χ0v) is 24.5. The van der Waals surface area contributed by atoms with Crippen molar-refractivity contribution in [1.82, 2.24) is 9.97 Å². The third-order valence-electron chi connectivity index (χ3n) is 5.98. The number of aromatic nitrogens is 2. The minimum absolute atomic E-state index is 0.203. The van der Waals surface area contributed by atoms with Crippen LogP contribution in [0.2, 0.25) is 0 Å². The Morgan fingerprint density at radius 1 is 0.565 bits per heavy atom. The monoisotopic (exact) mass is 686 g/mol. The van der Waals surface area contributed by atoms with Crippen molar-refractivity contribution in [2.75, 3.05) is 26.4 Å². The fourth-order valence-electron chi connectivity index (χ4n) is 3.63. The number of hydrogen-bond donors (Lipinski definition) is 0. The molecule has 7 nitrogen and oxygen atoms in total. The first-order valence-corrected chi connectivity index (χ1v) is 14.1. The lowest BCUT2D eigenvalue weighted by Gasteiger charge is -2.31. The summed E-state index contributed by atoms with van der Waals surface area (Å²) in [5.41, 5.74) is 0.588. The van der Waals surface area contributed by atoms with E-state index in [0.29, 0.717) is 23.7 Å². The van der Waals surface area contributed by atoms with Crippen LogP contribution in [0.15, 0.2) is 36.7 Å². The molecule has 0 saturated heterocycles. The van der Waals surface area contributed by atoms with Gasteiger partial charge in [-0.25, -0.2) is 19.4 Å². The molecule has 0 atom stereocenters. The van der Waals surface area contributed by atoms with Gasteiger partial charge in [0.1, 0.15) is 19.0 Å². The molecule has 0 saturated carbocycles. The Kier molecular flexibility index (Phi) is 14.7. The topological polar surface area (TPSA) is 71.9 Å². The summed E-state index contributed by atoms with van der Waals surface area (Å²) in [6.07, 6.45) is -19.9. The van der Waals surface area contributed by atoms with Crippen LogP contribution in [0.5, 0.6) is 11.5 Å². The van der Waals surface area contributed by atoms with Crippen LogP contribution in [-0.2, 0) is 14.2 Å². The second-order valence-corrected chi connectivity index (χ2v) is 9.88. The predicted molar refractivity (Wildman–Crippen MR) is 140 cm³/mol. The maximum atomic E-state index is 13.6. The molecule has 0 N–H and O–H groups in total. The molecule has 0 amide bonds. The highest BCUT2D eigenvalue weighted by Gasteiger charge is 2.72. The van der Waals surface area contributed by atoms with Crippen LogP contribution in [0.25, 0.3) is 11.4 Å². The zero-order valence-electron chi connectivity index (χ0n) is 24.5. The van der Waals surface area contributed by atoms with Crippen molar-refractivity contribution in [1.29, 1.82) is 0 Å². The molecule has 0 unspecified atom stereocenters. The molecule has 0 bridgehead atoms.